The van der Waals surface area contributed by atoms with Crippen LogP contribution in [0, 0.1) is 0 Å². The second kappa shape index (κ2) is 6.80. The summed E-state index contributed by atoms with van der Waals surface area (Å²) in [5.74, 6) is 0. The van der Waals surface area contributed by atoms with Crippen LogP contribution < -0.4 is 0 Å². The summed E-state index contributed by atoms with van der Waals surface area (Å²) in [6.07, 6.45) is 2.74. The number of nitrogens with zero attached hydrogens (tertiary/aromatic N) is 1. The van der Waals surface area contributed by atoms with Crippen LogP contribution in [-0.2, 0) is 4.74 Å². The molecule has 0 aromatic heterocycles. The lowest BCUT2D eigenvalue weighted by atomic mass is 10.1. The van der Waals surface area contributed by atoms with Crippen molar-refractivity contribution >= 4 is 6.72 Å². The highest BCUT2D eigenvalue weighted by Crippen LogP contribution is 2.16. The zero-order valence-corrected chi connectivity index (χ0v) is 7.97. The molecule has 0 radical (unpaired) electrons. The van der Waals surface area contributed by atoms with Crippen LogP contribution in [0.25, 0.3) is 0 Å². The molecule has 0 saturated heterocycles. The number of hydrogen-bond acceptors (Lipinski definition) is 2. The Bertz CT molecular complexity index is 162. The number of allylic oxidation sites excluding steroid dienone is 1. The van der Waals surface area contributed by atoms with E-state index in [1.165, 1.54) is 5.57 Å². The maximum Gasteiger partial charge on any atom is 0.0890 e. The largest absolute Gasteiger partial charge is 0.375 e. The minimum absolute atomic E-state index is 0.588. The van der Waals surface area contributed by atoms with Crippen LogP contribution in [0.4, 0.5) is 0 Å². The molecule has 0 fully saturated rings. The van der Waals surface area contributed by atoms with E-state index in [0.29, 0.717) is 6.61 Å². The van der Waals surface area contributed by atoms with Gasteiger partial charge in [-0.15, -0.1) is 0 Å². The molecule has 1 rings (SSSR count). The standard InChI is InChI=1S/C8H11NO.C2H6/c1-3-7-4-5-10-6-8(7)9-2;1-2/h3H,1-2,4-6H2;1-2H3. The number of aliphatic imine (C=N–C) groups is 1. The van der Waals surface area contributed by atoms with Gasteiger partial charge in [0.25, 0.3) is 0 Å². The first-order chi connectivity index (χ1) is 5.88. The highest BCUT2D eigenvalue weighted by Gasteiger charge is 2.07. The first-order valence-electron chi connectivity index (χ1n) is 4.27. The van der Waals surface area contributed by atoms with Gasteiger partial charge < -0.3 is 4.74 Å². The van der Waals surface area contributed by atoms with Crippen molar-refractivity contribution in [3.63, 3.8) is 0 Å². The summed E-state index contributed by atoms with van der Waals surface area (Å²) in [6.45, 7) is 12.5. The Hall–Kier alpha value is -0.890. The Labute approximate surface area is 74.7 Å². The van der Waals surface area contributed by atoms with Crippen molar-refractivity contribution in [2.45, 2.75) is 20.3 Å². The van der Waals surface area contributed by atoms with E-state index in [2.05, 4.69) is 18.3 Å². The first-order valence-corrected chi connectivity index (χ1v) is 4.27. The maximum absolute atomic E-state index is 5.17. The van der Waals surface area contributed by atoms with Crippen molar-refractivity contribution in [3.05, 3.63) is 23.9 Å². The molecule has 0 aromatic rings. The Morgan fingerprint density at radius 2 is 2.17 bits per heavy atom. The lowest BCUT2D eigenvalue weighted by Crippen LogP contribution is -2.08. The fourth-order valence-corrected chi connectivity index (χ4v) is 0.955. The second-order valence-corrected chi connectivity index (χ2v) is 2.14. The van der Waals surface area contributed by atoms with Gasteiger partial charge in [-0.25, -0.2) is 0 Å². The molecule has 2 nitrogen and oxygen atoms in total. The van der Waals surface area contributed by atoms with E-state index in [4.69, 9.17) is 4.74 Å². The fraction of sp³-hybridized carbons (Fsp3) is 0.500. The third-order valence-electron chi connectivity index (χ3n) is 1.56. The Morgan fingerprint density at radius 1 is 1.50 bits per heavy atom. The molecule has 0 atom stereocenters. The van der Waals surface area contributed by atoms with Gasteiger partial charge in [0.15, 0.2) is 0 Å². The van der Waals surface area contributed by atoms with Crippen LogP contribution in [0.15, 0.2) is 28.9 Å². The Morgan fingerprint density at radius 3 is 2.58 bits per heavy atom. The zero-order valence-electron chi connectivity index (χ0n) is 7.97. The van der Waals surface area contributed by atoms with Crippen molar-refractivity contribution in [2.75, 3.05) is 13.2 Å². The summed E-state index contributed by atoms with van der Waals surface area (Å²) >= 11 is 0. The summed E-state index contributed by atoms with van der Waals surface area (Å²) in [5, 5.41) is 0. The van der Waals surface area contributed by atoms with Crippen molar-refractivity contribution in [2.24, 2.45) is 4.99 Å². The van der Waals surface area contributed by atoms with Gasteiger partial charge in [-0.3, -0.25) is 4.99 Å². The zero-order chi connectivity index (χ0) is 9.40. The average Bonchev–Trinajstić information content (AvgIpc) is 2.20. The van der Waals surface area contributed by atoms with Crippen molar-refractivity contribution in [3.8, 4) is 0 Å². The smallest absolute Gasteiger partial charge is 0.0890 e. The molecule has 1 aliphatic heterocycles. The Kier molecular flexibility index (Phi) is 6.29. The van der Waals surface area contributed by atoms with E-state index in [9.17, 15) is 0 Å². The molecule has 0 amide bonds. The molecule has 0 bridgehead atoms. The molecule has 0 saturated carbocycles. The van der Waals surface area contributed by atoms with Crippen LogP contribution in [0.5, 0.6) is 0 Å². The van der Waals surface area contributed by atoms with Crippen LogP contribution in [0.3, 0.4) is 0 Å². The van der Waals surface area contributed by atoms with Crippen LogP contribution in [-0.4, -0.2) is 19.9 Å². The molecule has 0 aromatic carbocycles. The van der Waals surface area contributed by atoms with E-state index < -0.39 is 0 Å². The summed E-state index contributed by atoms with van der Waals surface area (Å²) in [6, 6.07) is 0. The van der Waals surface area contributed by atoms with Gasteiger partial charge in [-0.2, -0.15) is 0 Å². The molecule has 1 aliphatic rings. The molecule has 2 heteroatoms. The summed E-state index contributed by atoms with van der Waals surface area (Å²) in [7, 11) is 0. The minimum Gasteiger partial charge on any atom is -0.375 e. The van der Waals surface area contributed by atoms with Crippen LogP contribution in [0.1, 0.15) is 20.3 Å². The summed E-state index contributed by atoms with van der Waals surface area (Å²) < 4.78 is 5.17. The van der Waals surface area contributed by atoms with Gasteiger partial charge in [0.2, 0.25) is 0 Å². The van der Waals surface area contributed by atoms with Gasteiger partial charge in [0, 0.05) is 0 Å². The molecule has 0 spiro atoms. The normalized spacial score (nSPS) is 16.2. The number of rotatable bonds is 2. The summed E-state index contributed by atoms with van der Waals surface area (Å²) in [4.78, 5) is 3.83. The van der Waals surface area contributed by atoms with E-state index >= 15 is 0 Å². The lowest BCUT2D eigenvalue weighted by molar-refractivity contribution is 0.147. The van der Waals surface area contributed by atoms with Crippen LogP contribution in [0.2, 0.25) is 0 Å². The molecule has 0 aliphatic carbocycles. The average molecular weight is 167 g/mol. The lowest BCUT2D eigenvalue weighted by Gasteiger charge is -2.14. The quantitative estimate of drug-likeness (QED) is 0.579. The maximum atomic E-state index is 5.17. The highest BCUT2D eigenvalue weighted by atomic mass is 16.5. The van der Waals surface area contributed by atoms with Gasteiger partial charge >= 0.3 is 0 Å². The van der Waals surface area contributed by atoms with Crippen LogP contribution >= 0.6 is 0 Å². The van der Waals surface area contributed by atoms with Crippen molar-refractivity contribution in [1.29, 1.82) is 0 Å². The first kappa shape index (κ1) is 11.1. The predicted octanol–water partition coefficient (Wildman–Crippen LogP) is 2.57. The third-order valence-corrected chi connectivity index (χ3v) is 1.56. The molecule has 68 valence electrons. The van der Waals surface area contributed by atoms with E-state index in [1.807, 2.05) is 19.9 Å². The van der Waals surface area contributed by atoms with Crippen molar-refractivity contribution < 1.29 is 4.74 Å². The third kappa shape index (κ3) is 3.01. The van der Waals surface area contributed by atoms with Gasteiger partial charge in [-0.1, -0.05) is 26.5 Å². The molecular formula is C10H17NO. The van der Waals surface area contributed by atoms with Gasteiger partial charge in [-0.05, 0) is 18.7 Å². The monoisotopic (exact) mass is 167 g/mol. The molecule has 0 unspecified atom stereocenters. The molecule has 12 heavy (non-hydrogen) atoms. The summed E-state index contributed by atoms with van der Waals surface area (Å²) in [5.41, 5.74) is 2.10. The van der Waals surface area contributed by atoms with Crippen molar-refractivity contribution in [1.82, 2.24) is 0 Å². The minimum atomic E-state index is 0.588. The molecule has 0 N–H and O–H groups in total. The molecular weight excluding hydrogens is 150 g/mol. The fourth-order valence-electron chi connectivity index (χ4n) is 0.955. The number of hydrogen-bond donors (Lipinski definition) is 0. The highest BCUT2D eigenvalue weighted by molar-refractivity contribution is 5.34. The predicted molar refractivity (Wildman–Crippen MR) is 53.6 cm³/mol. The van der Waals surface area contributed by atoms with E-state index in [-0.39, 0.29) is 0 Å². The molecule has 1 heterocycles. The Balaban J connectivity index is 0.000000561. The second-order valence-electron chi connectivity index (χ2n) is 2.14. The SMILES string of the molecule is C=CC1=C(N=C)COCC1.CC. The van der Waals surface area contributed by atoms with E-state index in [0.717, 1.165) is 18.7 Å². The van der Waals surface area contributed by atoms with E-state index in [1.54, 1.807) is 0 Å². The van der Waals surface area contributed by atoms with Gasteiger partial charge in [0.1, 0.15) is 0 Å². The van der Waals surface area contributed by atoms with Gasteiger partial charge in [0.05, 0.1) is 18.9 Å². The topological polar surface area (TPSA) is 21.6 Å². The number of ether oxygens (including phenoxy) is 1.